The maximum absolute atomic E-state index is 12.6. The lowest BCUT2D eigenvalue weighted by molar-refractivity contribution is -0.141. The van der Waals surface area contributed by atoms with E-state index >= 15 is 0 Å². The number of nitrogens with zero attached hydrogens (tertiary/aromatic N) is 3. The van der Waals surface area contributed by atoms with E-state index in [4.69, 9.17) is 11.1 Å². The summed E-state index contributed by atoms with van der Waals surface area (Å²) in [6.07, 6.45) is 1.25. The van der Waals surface area contributed by atoms with Gasteiger partial charge in [0.15, 0.2) is 5.82 Å². The molecular formula is C16H17F3N6O. The number of primary amides is 1. The van der Waals surface area contributed by atoms with Crippen LogP contribution in [0.2, 0.25) is 0 Å². The molecule has 4 N–H and O–H groups in total. The first-order chi connectivity index (χ1) is 12.3. The molecule has 0 aromatic carbocycles. The van der Waals surface area contributed by atoms with Crippen LogP contribution in [0.4, 0.5) is 24.7 Å². The number of rotatable bonds is 4. The minimum atomic E-state index is -4.53. The van der Waals surface area contributed by atoms with Gasteiger partial charge in [0, 0.05) is 11.9 Å². The highest BCUT2D eigenvalue weighted by Gasteiger charge is 2.32. The van der Waals surface area contributed by atoms with Crippen molar-refractivity contribution in [3.63, 3.8) is 0 Å². The van der Waals surface area contributed by atoms with E-state index in [9.17, 15) is 18.0 Å². The van der Waals surface area contributed by atoms with Gasteiger partial charge in [-0.2, -0.15) is 18.3 Å². The molecule has 0 spiro atoms. The number of nitrogens with two attached hydrogens (primary N) is 1. The summed E-state index contributed by atoms with van der Waals surface area (Å²) in [7, 11) is 0. The molecule has 2 aromatic rings. The smallest absolute Gasteiger partial charge is 0.365 e. The lowest BCUT2D eigenvalue weighted by Crippen LogP contribution is -2.23. The van der Waals surface area contributed by atoms with E-state index in [-0.39, 0.29) is 23.1 Å². The highest BCUT2D eigenvalue weighted by atomic mass is 19.4. The van der Waals surface area contributed by atoms with Crippen molar-refractivity contribution >= 4 is 23.1 Å². The van der Waals surface area contributed by atoms with Gasteiger partial charge in [0.2, 0.25) is 0 Å². The number of alkyl halides is 3. The SMILES string of the molecule is N=C1CCCC[C@@H]1n1cc(C(N)=O)c(Nc2ccc(C(F)(F)F)nc2)n1. The zero-order chi connectivity index (χ0) is 18.9. The maximum atomic E-state index is 12.6. The molecule has 138 valence electrons. The predicted octanol–water partition coefficient (Wildman–Crippen LogP) is 3.27. The van der Waals surface area contributed by atoms with Crippen LogP contribution < -0.4 is 11.1 Å². The molecule has 26 heavy (non-hydrogen) atoms. The number of pyridine rings is 1. The summed E-state index contributed by atoms with van der Waals surface area (Å²) in [6, 6.07) is 1.78. The summed E-state index contributed by atoms with van der Waals surface area (Å²) in [5.41, 5.74) is 5.23. The number of hydrogen-bond donors (Lipinski definition) is 3. The molecule has 2 heterocycles. The fourth-order valence-corrected chi connectivity index (χ4v) is 2.88. The van der Waals surface area contributed by atoms with Crippen molar-refractivity contribution < 1.29 is 18.0 Å². The average molecular weight is 366 g/mol. The summed E-state index contributed by atoms with van der Waals surface area (Å²) in [4.78, 5) is 15.0. The molecule has 1 fully saturated rings. The molecule has 1 saturated carbocycles. The molecule has 1 atom stereocenters. The van der Waals surface area contributed by atoms with Crippen LogP contribution in [0.1, 0.15) is 47.8 Å². The van der Waals surface area contributed by atoms with E-state index in [0.29, 0.717) is 12.1 Å². The Bertz CT molecular complexity index is 828. The first-order valence-electron chi connectivity index (χ1n) is 8.02. The Labute approximate surface area is 146 Å². The lowest BCUT2D eigenvalue weighted by atomic mass is 9.93. The monoisotopic (exact) mass is 366 g/mol. The van der Waals surface area contributed by atoms with Gasteiger partial charge in [-0.15, -0.1) is 0 Å². The molecule has 0 bridgehead atoms. The fraction of sp³-hybridized carbons (Fsp3) is 0.375. The molecule has 1 aliphatic rings. The maximum Gasteiger partial charge on any atom is 0.433 e. The first-order valence-corrected chi connectivity index (χ1v) is 8.02. The van der Waals surface area contributed by atoms with E-state index in [1.807, 2.05) is 0 Å². The van der Waals surface area contributed by atoms with Gasteiger partial charge in [0.05, 0.1) is 17.9 Å². The van der Waals surface area contributed by atoms with Crippen molar-refractivity contribution in [1.82, 2.24) is 14.8 Å². The Kier molecular flexibility index (Phi) is 4.66. The van der Waals surface area contributed by atoms with Crippen molar-refractivity contribution in [1.29, 1.82) is 5.41 Å². The molecule has 1 aliphatic carbocycles. The topological polar surface area (TPSA) is 110 Å². The molecule has 7 nitrogen and oxygen atoms in total. The van der Waals surface area contributed by atoms with Gasteiger partial charge in [-0.1, -0.05) is 6.42 Å². The third-order valence-corrected chi connectivity index (χ3v) is 4.21. The number of amides is 1. The predicted molar refractivity (Wildman–Crippen MR) is 88.5 cm³/mol. The Morgan fingerprint density at radius 1 is 1.35 bits per heavy atom. The molecule has 2 aromatic heterocycles. The number of carbonyl (C=O) groups is 1. The zero-order valence-corrected chi connectivity index (χ0v) is 13.7. The Morgan fingerprint density at radius 2 is 2.12 bits per heavy atom. The van der Waals surface area contributed by atoms with Crippen LogP contribution in [-0.4, -0.2) is 26.4 Å². The van der Waals surface area contributed by atoms with Gasteiger partial charge in [-0.3, -0.25) is 9.48 Å². The highest BCUT2D eigenvalue weighted by Crippen LogP contribution is 2.30. The van der Waals surface area contributed by atoms with Gasteiger partial charge in [-0.25, -0.2) is 4.98 Å². The van der Waals surface area contributed by atoms with Crippen LogP contribution in [0.25, 0.3) is 0 Å². The third-order valence-electron chi connectivity index (χ3n) is 4.21. The number of halogens is 3. The van der Waals surface area contributed by atoms with Crippen LogP contribution in [0.5, 0.6) is 0 Å². The Balaban J connectivity index is 1.87. The van der Waals surface area contributed by atoms with E-state index in [1.54, 1.807) is 0 Å². The number of nitrogens with one attached hydrogen (secondary N) is 2. The third kappa shape index (κ3) is 3.68. The van der Waals surface area contributed by atoms with Crippen LogP contribution >= 0.6 is 0 Å². The second-order valence-corrected chi connectivity index (χ2v) is 6.08. The number of carbonyl (C=O) groups excluding carboxylic acids is 1. The molecule has 0 saturated heterocycles. The number of aromatic nitrogens is 3. The van der Waals surface area contributed by atoms with Crippen LogP contribution in [-0.2, 0) is 6.18 Å². The normalized spacial score (nSPS) is 18.0. The van der Waals surface area contributed by atoms with Crippen LogP contribution in [0, 0.1) is 5.41 Å². The second-order valence-electron chi connectivity index (χ2n) is 6.08. The zero-order valence-electron chi connectivity index (χ0n) is 13.7. The van der Waals surface area contributed by atoms with Gasteiger partial charge >= 0.3 is 6.18 Å². The molecule has 1 amide bonds. The molecular weight excluding hydrogens is 349 g/mol. The lowest BCUT2D eigenvalue weighted by Gasteiger charge is -2.23. The minimum absolute atomic E-state index is 0.100. The van der Waals surface area contributed by atoms with Crippen molar-refractivity contribution in [2.45, 2.75) is 37.9 Å². The standard InChI is InChI=1S/C16H17F3N6O/c17-16(18,19)13-6-5-9(7-22-13)23-15-10(14(21)26)8-25(24-15)12-4-2-1-3-11(12)20/h5-8,12,20H,1-4H2,(H2,21,26)(H,23,24)/t12-/m0/s1. The van der Waals surface area contributed by atoms with Crippen LogP contribution in [0.3, 0.4) is 0 Å². The van der Waals surface area contributed by atoms with Crippen molar-refractivity contribution in [2.24, 2.45) is 5.73 Å². The Morgan fingerprint density at radius 3 is 2.69 bits per heavy atom. The van der Waals surface area contributed by atoms with Crippen LogP contribution in [0.15, 0.2) is 24.5 Å². The van der Waals surface area contributed by atoms with Crippen molar-refractivity contribution in [3.05, 3.63) is 35.8 Å². The largest absolute Gasteiger partial charge is 0.433 e. The summed E-state index contributed by atoms with van der Waals surface area (Å²) >= 11 is 0. The van der Waals surface area contributed by atoms with Gasteiger partial charge < -0.3 is 16.5 Å². The summed E-state index contributed by atoms with van der Waals surface area (Å²) in [5, 5.41) is 15.1. The van der Waals surface area contributed by atoms with E-state index in [0.717, 1.165) is 31.5 Å². The molecule has 10 heteroatoms. The van der Waals surface area contributed by atoms with E-state index in [2.05, 4.69) is 15.4 Å². The molecule has 0 aliphatic heterocycles. The molecule has 3 rings (SSSR count). The van der Waals surface area contributed by atoms with E-state index < -0.39 is 17.8 Å². The summed E-state index contributed by atoms with van der Waals surface area (Å²) in [5.74, 6) is -0.599. The molecule has 0 radical (unpaired) electrons. The van der Waals surface area contributed by atoms with E-state index in [1.165, 1.54) is 16.9 Å². The average Bonchev–Trinajstić information content (AvgIpc) is 2.99. The van der Waals surface area contributed by atoms with Gasteiger partial charge in [0.1, 0.15) is 11.3 Å². The highest BCUT2D eigenvalue weighted by molar-refractivity contribution is 5.98. The second kappa shape index (κ2) is 6.77. The fourth-order valence-electron chi connectivity index (χ4n) is 2.88. The van der Waals surface area contributed by atoms with Gasteiger partial charge in [0.25, 0.3) is 5.91 Å². The van der Waals surface area contributed by atoms with Gasteiger partial charge in [-0.05, 0) is 31.4 Å². The summed E-state index contributed by atoms with van der Waals surface area (Å²) in [6.45, 7) is 0. The number of anilines is 2. The van der Waals surface area contributed by atoms with Crippen molar-refractivity contribution in [3.8, 4) is 0 Å². The first kappa shape index (κ1) is 17.9. The summed E-state index contributed by atoms with van der Waals surface area (Å²) < 4.78 is 39.3. The quantitative estimate of drug-likeness (QED) is 0.771. The molecule has 0 unspecified atom stereocenters. The van der Waals surface area contributed by atoms with Crippen molar-refractivity contribution in [2.75, 3.05) is 5.32 Å². The minimum Gasteiger partial charge on any atom is -0.365 e. The Hall–Kier alpha value is -2.91. The number of hydrogen-bond acceptors (Lipinski definition) is 5.